The van der Waals surface area contributed by atoms with Gasteiger partial charge in [0.05, 0.1) is 12.7 Å². The molecular formula is C18H34N4O5Si2. The lowest BCUT2D eigenvalue weighted by molar-refractivity contribution is -0.0564. The molecule has 1 aromatic rings. The first-order valence-corrected chi connectivity index (χ1v) is 14.0. The van der Waals surface area contributed by atoms with Crippen LogP contribution in [0.5, 0.6) is 0 Å². The van der Waals surface area contributed by atoms with Gasteiger partial charge in [-0.3, -0.25) is 4.79 Å². The van der Waals surface area contributed by atoms with Gasteiger partial charge >= 0.3 is 17.8 Å². The van der Waals surface area contributed by atoms with Crippen LogP contribution in [-0.4, -0.2) is 57.3 Å². The minimum absolute atomic E-state index is 0.00403. The number of carbonyl (C=O) groups excluding carboxylic acids is 1. The number of carbonyl (C=O) groups is 1. The van der Waals surface area contributed by atoms with Gasteiger partial charge in [0.15, 0.2) is 6.23 Å². The summed E-state index contributed by atoms with van der Waals surface area (Å²) in [5.74, 6) is -0.688. The molecule has 164 valence electrons. The molecule has 0 radical (unpaired) electrons. The zero-order valence-corrected chi connectivity index (χ0v) is 20.5. The Labute approximate surface area is 175 Å². The molecule has 2 unspecified atom stereocenters. The third kappa shape index (κ3) is 4.21. The first-order valence-electron chi connectivity index (χ1n) is 10.4. The fraction of sp³-hybridized carbons (Fsp3) is 0.833. The van der Waals surface area contributed by atoms with Crippen molar-refractivity contribution in [3.05, 3.63) is 12.2 Å². The molecule has 2 fully saturated rings. The van der Waals surface area contributed by atoms with Gasteiger partial charge in [-0.25, -0.2) is 9.67 Å². The van der Waals surface area contributed by atoms with Crippen molar-refractivity contribution >= 4 is 23.8 Å². The third-order valence-corrected chi connectivity index (χ3v) is 13.8. The molecule has 0 aromatic carbocycles. The fourth-order valence-electron chi connectivity index (χ4n) is 4.22. The Morgan fingerprint density at radius 3 is 2.45 bits per heavy atom. The van der Waals surface area contributed by atoms with E-state index in [1.807, 2.05) is 0 Å². The van der Waals surface area contributed by atoms with E-state index >= 15 is 0 Å². The molecule has 2 aliphatic rings. The van der Waals surface area contributed by atoms with Crippen molar-refractivity contribution in [2.75, 3.05) is 6.61 Å². The summed E-state index contributed by atoms with van der Waals surface area (Å²) >= 11 is 0. The molecule has 2 saturated heterocycles. The summed E-state index contributed by atoms with van der Waals surface area (Å²) in [4.78, 5) is 15.3. The van der Waals surface area contributed by atoms with Crippen molar-refractivity contribution in [2.24, 2.45) is 11.7 Å². The third-order valence-electron chi connectivity index (χ3n) is 5.86. The summed E-state index contributed by atoms with van der Waals surface area (Å²) in [5.41, 5.74) is 6.20. The SMILES string of the molecule is CC(C)[SiH]1OC2[C@@H](C)[C@H](n3cnc(C(N)=O)n3)O[C@@H]2CO[Si](C(C)C)(C(C)C)O1. The smallest absolute Gasteiger partial charge is 0.334 e. The highest BCUT2D eigenvalue weighted by molar-refractivity contribution is 6.76. The van der Waals surface area contributed by atoms with Crippen molar-refractivity contribution in [3.63, 3.8) is 0 Å². The van der Waals surface area contributed by atoms with Gasteiger partial charge in [-0.1, -0.05) is 48.5 Å². The summed E-state index contributed by atoms with van der Waals surface area (Å²) in [5, 5.41) is 4.18. The van der Waals surface area contributed by atoms with E-state index in [0.717, 1.165) is 0 Å². The van der Waals surface area contributed by atoms with E-state index in [-0.39, 0.29) is 24.0 Å². The number of aromatic nitrogens is 3. The van der Waals surface area contributed by atoms with Gasteiger partial charge in [0.1, 0.15) is 12.4 Å². The van der Waals surface area contributed by atoms with Crippen LogP contribution in [0.15, 0.2) is 6.33 Å². The number of ether oxygens (including phenoxy) is 1. The van der Waals surface area contributed by atoms with E-state index in [9.17, 15) is 4.79 Å². The summed E-state index contributed by atoms with van der Waals surface area (Å²) < 4.78 is 27.9. The largest absolute Gasteiger partial charge is 0.416 e. The van der Waals surface area contributed by atoms with Crippen molar-refractivity contribution in [1.29, 1.82) is 0 Å². The lowest BCUT2D eigenvalue weighted by atomic mass is 10.0. The minimum Gasteiger partial charge on any atom is -0.416 e. The Bertz CT molecular complexity index is 721. The van der Waals surface area contributed by atoms with E-state index in [4.69, 9.17) is 23.4 Å². The zero-order valence-electron chi connectivity index (χ0n) is 18.4. The first kappa shape index (κ1) is 22.6. The van der Waals surface area contributed by atoms with Gasteiger partial charge in [-0.2, -0.15) is 0 Å². The molecule has 1 amide bonds. The molecule has 2 N–H and O–H groups in total. The number of nitrogens with zero attached hydrogens (tertiary/aromatic N) is 3. The summed E-state index contributed by atoms with van der Waals surface area (Å²) in [6.07, 6.45) is 0.698. The predicted molar refractivity (Wildman–Crippen MR) is 112 cm³/mol. The molecule has 2 aliphatic heterocycles. The van der Waals surface area contributed by atoms with Crippen molar-refractivity contribution in [3.8, 4) is 0 Å². The van der Waals surface area contributed by atoms with Crippen LogP contribution in [0.3, 0.4) is 0 Å². The Hall–Kier alpha value is -1.12. The van der Waals surface area contributed by atoms with E-state index in [0.29, 0.717) is 23.2 Å². The first-order chi connectivity index (χ1) is 13.6. The van der Waals surface area contributed by atoms with Crippen LogP contribution < -0.4 is 5.73 Å². The lowest BCUT2D eigenvalue weighted by Crippen LogP contribution is -2.58. The fourth-order valence-corrected chi connectivity index (χ4v) is 12.9. The number of hydrogen-bond acceptors (Lipinski definition) is 7. The molecule has 0 bridgehead atoms. The van der Waals surface area contributed by atoms with Crippen LogP contribution in [0.4, 0.5) is 0 Å². The molecule has 1 aromatic heterocycles. The van der Waals surface area contributed by atoms with Crippen molar-refractivity contribution in [2.45, 2.75) is 83.5 Å². The summed E-state index contributed by atoms with van der Waals surface area (Å²) in [7, 11) is -4.50. The zero-order chi connectivity index (χ0) is 21.5. The van der Waals surface area contributed by atoms with Gasteiger partial charge in [-0.15, -0.1) is 5.10 Å². The van der Waals surface area contributed by atoms with Gasteiger partial charge in [0, 0.05) is 5.92 Å². The maximum atomic E-state index is 11.4. The lowest BCUT2D eigenvalue weighted by Gasteiger charge is -2.44. The minimum atomic E-state index is -2.48. The van der Waals surface area contributed by atoms with Crippen LogP contribution >= 0.6 is 0 Å². The van der Waals surface area contributed by atoms with Crippen LogP contribution in [0, 0.1) is 5.92 Å². The van der Waals surface area contributed by atoms with Crippen LogP contribution in [-0.2, 0) is 17.7 Å². The molecule has 9 nitrogen and oxygen atoms in total. The van der Waals surface area contributed by atoms with Gasteiger partial charge in [-0.05, 0) is 16.6 Å². The molecular weight excluding hydrogens is 408 g/mol. The molecule has 11 heteroatoms. The average Bonchev–Trinajstić information content (AvgIpc) is 3.20. The highest BCUT2D eigenvalue weighted by Gasteiger charge is 2.54. The molecule has 3 heterocycles. The highest BCUT2D eigenvalue weighted by atomic mass is 28.4. The van der Waals surface area contributed by atoms with Crippen LogP contribution in [0.2, 0.25) is 16.6 Å². The molecule has 29 heavy (non-hydrogen) atoms. The number of hydrogen-bond donors (Lipinski definition) is 1. The van der Waals surface area contributed by atoms with Gasteiger partial charge in [0.25, 0.3) is 5.91 Å². The van der Waals surface area contributed by atoms with Crippen molar-refractivity contribution < 1.29 is 22.5 Å². The predicted octanol–water partition coefficient (Wildman–Crippen LogP) is 2.24. The second-order valence-corrected chi connectivity index (χ2v) is 16.3. The topological polar surface area (TPSA) is 111 Å². The second kappa shape index (κ2) is 8.56. The molecule has 0 spiro atoms. The average molecular weight is 443 g/mol. The van der Waals surface area contributed by atoms with Gasteiger partial charge < -0.3 is 23.4 Å². The number of fused-ring (bicyclic) bond motifs is 1. The number of rotatable bonds is 5. The Kier molecular flexibility index (Phi) is 6.66. The van der Waals surface area contributed by atoms with E-state index in [1.165, 1.54) is 6.33 Å². The molecule has 0 saturated carbocycles. The molecule has 3 rings (SSSR count). The van der Waals surface area contributed by atoms with Crippen molar-refractivity contribution in [1.82, 2.24) is 14.8 Å². The van der Waals surface area contributed by atoms with E-state index < -0.39 is 30.0 Å². The summed E-state index contributed by atoms with van der Waals surface area (Å²) in [6.45, 7) is 15.5. The quantitative estimate of drug-likeness (QED) is 0.696. The maximum absolute atomic E-state index is 11.4. The Morgan fingerprint density at radius 1 is 1.28 bits per heavy atom. The van der Waals surface area contributed by atoms with Crippen LogP contribution in [0.25, 0.3) is 0 Å². The molecule has 0 aliphatic carbocycles. The number of primary amides is 1. The second-order valence-electron chi connectivity index (χ2n) is 9.01. The highest BCUT2D eigenvalue weighted by Crippen LogP contribution is 2.43. The monoisotopic (exact) mass is 442 g/mol. The van der Waals surface area contributed by atoms with E-state index in [2.05, 4.69) is 58.5 Å². The van der Waals surface area contributed by atoms with Crippen LogP contribution in [0.1, 0.15) is 65.3 Å². The Morgan fingerprint density at radius 2 is 1.93 bits per heavy atom. The Balaban J connectivity index is 1.89. The number of nitrogens with two attached hydrogens (primary N) is 1. The number of amides is 1. The normalized spacial score (nSPS) is 32.4. The summed E-state index contributed by atoms with van der Waals surface area (Å²) in [6, 6.07) is 0. The van der Waals surface area contributed by atoms with Gasteiger partial charge in [0.2, 0.25) is 5.82 Å². The maximum Gasteiger partial charge on any atom is 0.334 e. The van der Waals surface area contributed by atoms with E-state index in [1.54, 1.807) is 4.68 Å². The molecule has 5 atom stereocenters. The standard InChI is InChI=1S/C18H34N4O5Si2/c1-10(2)28-26-15-13(7)18(22-9-20-17(21-22)16(19)23)25-14(15)8-24-29(27-28,11(3)4)12(5)6/h9-15,18,28H,8H2,1-7H3,(H2,19,23)/t13-,14-,15?,18-,28?/m1/s1.